The van der Waals surface area contributed by atoms with E-state index in [0.29, 0.717) is 17.0 Å². The van der Waals surface area contributed by atoms with Gasteiger partial charge < -0.3 is 20.4 Å². The maximum absolute atomic E-state index is 13.3. The van der Waals surface area contributed by atoms with E-state index in [1.54, 1.807) is 30.5 Å². The third-order valence-electron chi connectivity index (χ3n) is 5.32. The van der Waals surface area contributed by atoms with Gasteiger partial charge in [0, 0.05) is 45.5 Å². The molecule has 1 aromatic heterocycles. The SMILES string of the molecule is COc1cccc(NC(=O)[C@@H](NC(=O)c2ccc(C(=O)NO)cc2)c2c[nH]c3ccccc23)c1. The van der Waals surface area contributed by atoms with Crippen molar-refractivity contribution in [1.29, 1.82) is 0 Å². The van der Waals surface area contributed by atoms with Crippen LogP contribution in [0, 0.1) is 0 Å². The van der Waals surface area contributed by atoms with Gasteiger partial charge in [0.05, 0.1) is 7.11 Å². The number of hydrogen-bond acceptors (Lipinski definition) is 5. The zero-order valence-electron chi connectivity index (χ0n) is 18.2. The van der Waals surface area contributed by atoms with Crippen molar-refractivity contribution in [2.75, 3.05) is 12.4 Å². The number of methoxy groups -OCH3 is 1. The van der Waals surface area contributed by atoms with Gasteiger partial charge in [0.1, 0.15) is 11.8 Å². The molecule has 3 aromatic carbocycles. The van der Waals surface area contributed by atoms with Crippen molar-refractivity contribution in [1.82, 2.24) is 15.8 Å². The predicted octanol–water partition coefficient (Wildman–Crippen LogP) is 3.41. The number of H-pyrrole nitrogens is 1. The number of hydroxylamine groups is 1. The minimum atomic E-state index is -1.02. The van der Waals surface area contributed by atoms with E-state index in [-0.39, 0.29) is 11.1 Å². The van der Waals surface area contributed by atoms with Gasteiger partial charge in [-0.1, -0.05) is 24.3 Å². The topological polar surface area (TPSA) is 133 Å². The van der Waals surface area contributed by atoms with E-state index in [0.717, 1.165) is 10.9 Å². The molecule has 0 spiro atoms. The number of carbonyl (C=O) groups is 3. The molecule has 9 nitrogen and oxygen atoms in total. The molecule has 0 aliphatic heterocycles. The summed E-state index contributed by atoms with van der Waals surface area (Å²) in [5.74, 6) is -1.06. The van der Waals surface area contributed by atoms with E-state index in [1.807, 2.05) is 24.3 Å². The van der Waals surface area contributed by atoms with Gasteiger partial charge >= 0.3 is 0 Å². The van der Waals surface area contributed by atoms with Crippen LogP contribution < -0.4 is 20.9 Å². The van der Waals surface area contributed by atoms with Crippen LogP contribution in [0.4, 0.5) is 5.69 Å². The molecule has 4 rings (SSSR count). The number of para-hydroxylation sites is 1. The summed E-state index contributed by atoms with van der Waals surface area (Å²) in [5, 5.41) is 15.2. The number of nitrogens with one attached hydrogen (secondary N) is 4. The van der Waals surface area contributed by atoms with Gasteiger partial charge in [-0.05, 0) is 42.5 Å². The van der Waals surface area contributed by atoms with Crippen LogP contribution in [0.1, 0.15) is 32.3 Å². The molecule has 34 heavy (non-hydrogen) atoms. The highest BCUT2D eigenvalue weighted by Gasteiger charge is 2.26. The monoisotopic (exact) mass is 458 g/mol. The number of amides is 3. The Morgan fingerprint density at radius 1 is 0.912 bits per heavy atom. The molecule has 0 bridgehead atoms. The standard InChI is InChI=1S/C25H22N4O5/c1-34-18-6-4-5-17(13-18)27-25(32)22(20-14-26-21-8-3-2-7-19(20)21)28-23(30)15-9-11-16(12-10-15)24(31)29-33/h2-14,22,26,33H,1H3,(H,27,32)(H,28,30)(H,29,31)/t22-/m0/s1. The molecule has 9 heteroatoms. The van der Waals surface area contributed by atoms with Gasteiger partial charge in [-0.2, -0.15) is 0 Å². The van der Waals surface area contributed by atoms with E-state index < -0.39 is 23.8 Å². The predicted molar refractivity (Wildman–Crippen MR) is 126 cm³/mol. The Bertz CT molecular complexity index is 1350. The molecule has 3 amide bonds. The maximum atomic E-state index is 13.3. The number of ether oxygens (including phenoxy) is 1. The lowest BCUT2D eigenvalue weighted by Crippen LogP contribution is -2.37. The highest BCUT2D eigenvalue weighted by Crippen LogP contribution is 2.26. The summed E-state index contributed by atoms with van der Waals surface area (Å²) in [6, 6.07) is 19.0. The van der Waals surface area contributed by atoms with Crippen molar-refractivity contribution in [3.05, 3.63) is 95.7 Å². The highest BCUT2D eigenvalue weighted by molar-refractivity contribution is 6.04. The van der Waals surface area contributed by atoms with Crippen LogP contribution in [0.15, 0.2) is 79.0 Å². The van der Waals surface area contributed by atoms with Gasteiger partial charge in [0.2, 0.25) is 0 Å². The Morgan fingerprint density at radius 3 is 2.32 bits per heavy atom. The zero-order chi connectivity index (χ0) is 24.1. The van der Waals surface area contributed by atoms with Crippen molar-refractivity contribution in [2.24, 2.45) is 0 Å². The average Bonchev–Trinajstić information content (AvgIpc) is 3.30. The normalized spacial score (nSPS) is 11.5. The second kappa shape index (κ2) is 9.88. The van der Waals surface area contributed by atoms with E-state index in [9.17, 15) is 14.4 Å². The second-order valence-electron chi connectivity index (χ2n) is 7.44. The minimum Gasteiger partial charge on any atom is -0.497 e. The largest absolute Gasteiger partial charge is 0.497 e. The van der Waals surface area contributed by atoms with E-state index in [2.05, 4.69) is 15.6 Å². The molecule has 0 saturated heterocycles. The molecule has 172 valence electrons. The van der Waals surface area contributed by atoms with Gasteiger partial charge in [-0.15, -0.1) is 0 Å². The quantitative estimate of drug-likeness (QED) is 0.214. The number of rotatable bonds is 7. The molecule has 0 radical (unpaired) electrons. The van der Waals surface area contributed by atoms with Crippen molar-refractivity contribution in [2.45, 2.75) is 6.04 Å². The molecule has 4 aromatic rings. The summed E-state index contributed by atoms with van der Waals surface area (Å²) >= 11 is 0. The fourth-order valence-corrected chi connectivity index (χ4v) is 3.58. The van der Waals surface area contributed by atoms with Crippen LogP contribution in [-0.4, -0.2) is 35.0 Å². The van der Waals surface area contributed by atoms with Crippen LogP contribution in [-0.2, 0) is 4.79 Å². The van der Waals surface area contributed by atoms with Crippen LogP contribution in [0.2, 0.25) is 0 Å². The van der Waals surface area contributed by atoms with Gasteiger partial charge in [-0.3, -0.25) is 19.6 Å². The smallest absolute Gasteiger partial charge is 0.274 e. The zero-order valence-corrected chi connectivity index (χ0v) is 18.2. The van der Waals surface area contributed by atoms with Crippen LogP contribution in [0.25, 0.3) is 10.9 Å². The fraction of sp³-hybridized carbons (Fsp3) is 0.0800. The Hall–Kier alpha value is -4.63. The summed E-state index contributed by atoms with van der Waals surface area (Å²) < 4.78 is 5.21. The second-order valence-corrected chi connectivity index (χ2v) is 7.44. The van der Waals surface area contributed by atoms with E-state index in [1.165, 1.54) is 36.9 Å². The Labute approximate surface area is 194 Å². The first-order chi connectivity index (χ1) is 16.5. The highest BCUT2D eigenvalue weighted by atomic mass is 16.5. The lowest BCUT2D eigenvalue weighted by molar-refractivity contribution is -0.118. The molecule has 0 unspecified atom stereocenters. The first-order valence-electron chi connectivity index (χ1n) is 10.4. The summed E-state index contributed by atoms with van der Waals surface area (Å²) in [5.41, 5.74) is 3.91. The fourth-order valence-electron chi connectivity index (χ4n) is 3.58. The van der Waals surface area contributed by atoms with Crippen LogP contribution >= 0.6 is 0 Å². The minimum absolute atomic E-state index is 0.183. The molecular weight excluding hydrogens is 436 g/mol. The third kappa shape index (κ3) is 4.74. The summed E-state index contributed by atoms with van der Waals surface area (Å²) in [4.78, 5) is 41.0. The van der Waals surface area contributed by atoms with Crippen LogP contribution in [0.5, 0.6) is 5.75 Å². The summed E-state index contributed by atoms with van der Waals surface area (Å²) in [7, 11) is 1.53. The van der Waals surface area contributed by atoms with E-state index in [4.69, 9.17) is 9.94 Å². The number of hydrogen-bond donors (Lipinski definition) is 5. The van der Waals surface area contributed by atoms with Crippen molar-refractivity contribution < 1.29 is 24.3 Å². The summed E-state index contributed by atoms with van der Waals surface area (Å²) in [6.07, 6.45) is 1.69. The maximum Gasteiger partial charge on any atom is 0.274 e. The number of benzene rings is 3. The lowest BCUT2D eigenvalue weighted by Gasteiger charge is -2.19. The lowest BCUT2D eigenvalue weighted by atomic mass is 10.0. The molecule has 0 aliphatic carbocycles. The average molecular weight is 458 g/mol. The van der Waals surface area contributed by atoms with Gasteiger partial charge in [0.25, 0.3) is 17.7 Å². The number of fused-ring (bicyclic) bond motifs is 1. The van der Waals surface area contributed by atoms with Crippen molar-refractivity contribution in [3.8, 4) is 5.75 Å². The molecular formula is C25H22N4O5. The third-order valence-corrected chi connectivity index (χ3v) is 5.32. The van der Waals surface area contributed by atoms with Crippen molar-refractivity contribution in [3.63, 3.8) is 0 Å². The Kier molecular flexibility index (Phi) is 6.56. The van der Waals surface area contributed by atoms with Gasteiger partial charge in [0.15, 0.2) is 0 Å². The van der Waals surface area contributed by atoms with Gasteiger partial charge in [-0.25, -0.2) is 5.48 Å². The van der Waals surface area contributed by atoms with Crippen LogP contribution in [0.3, 0.4) is 0 Å². The Balaban J connectivity index is 1.64. The number of anilines is 1. The molecule has 0 saturated carbocycles. The first-order valence-corrected chi connectivity index (χ1v) is 10.4. The Morgan fingerprint density at radius 2 is 1.62 bits per heavy atom. The molecule has 0 fully saturated rings. The van der Waals surface area contributed by atoms with E-state index >= 15 is 0 Å². The summed E-state index contributed by atoms with van der Waals surface area (Å²) in [6.45, 7) is 0. The molecule has 0 aliphatic rings. The number of aromatic amines is 1. The molecule has 5 N–H and O–H groups in total. The van der Waals surface area contributed by atoms with Crippen molar-refractivity contribution >= 4 is 34.3 Å². The first kappa shape index (κ1) is 22.6. The number of carbonyl (C=O) groups excluding carboxylic acids is 3. The molecule has 1 heterocycles. The molecule has 1 atom stereocenters. The number of aromatic nitrogens is 1.